The highest BCUT2D eigenvalue weighted by Gasteiger charge is 2.27. The number of nitrogens with one attached hydrogen (secondary N) is 1. The molecule has 1 N–H and O–H groups in total. The molecule has 10 heteroatoms. The Morgan fingerprint density at radius 3 is 2.36 bits per heavy atom. The van der Waals surface area contributed by atoms with Crippen molar-refractivity contribution in [1.82, 2.24) is 10.2 Å². The number of fused-ring (bicyclic) bond motifs is 1. The minimum Gasteiger partial charge on any atom is -0.497 e. The van der Waals surface area contributed by atoms with Gasteiger partial charge in [-0.15, -0.1) is 0 Å². The molecule has 1 aliphatic carbocycles. The topological polar surface area (TPSA) is 109 Å². The van der Waals surface area contributed by atoms with Crippen LogP contribution in [0.1, 0.15) is 35.8 Å². The molecule has 0 unspecified atom stereocenters. The number of rotatable bonds is 9. The molecule has 0 bridgehead atoms. The smallest absolute Gasteiger partial charge is 0.415 e. The number of hydrogen-bond acceptors (Lipinski definition) is 8. The van der Waals surface area contributed by atoms with E-state index in [2.05, 4.69) is 5.32 Å². The molecule has 1 saturated heterocycles. The van der Waals surface area contributed by atoms with Crippen LogP contribution in [0.2, 0.25) is 0 Å². The molecule has 0 radical (unpaired) electrons. The minimum atomic E-state index is -0.492. The lowest BCUT2D eigenvalue weighted by molar-refractivity contribution is -0.120. The van der Waals surface area contributed by atoms with Crippen LogP contribution >= 0.6 is 0 Å². The van der Waals surface area contributed by atoms with Gasteiger partial charge in [0.2, 0.25) is 11.7 Å². The first-order valence-electron chi connectivity index (χ1n) is 13.6. The second-order valence-corrected chi connectivity index (χ2v) is 9.83. The minimum absolute atomic E-state index is 0.120. The van der Waals surface area contributed by atoms with Gasteiger partial charge in [-0.2, -0.15) is 0 Å². The van der Waals surface area contributed by atoms with Crippen molar-refractivity contribution in [2.45, 2.75) is 19.9 Å². The lowest BCUT2D eigenvalue weighted by atomic mass is 10.00. The van der Waals surface area contributed by atoms with E-state index in [0.717, 1.165) is 33.4 Å². The van der Waals surface area contributed by atoms with Crippen LogP contribution in [0, 0.1) is 0 Å². The molecule has 2 aliphatic rings. The van der Waals surface area contributed by atoms with Crippen LogP contribution < -0.4 is 24.3 Å². The van der Waals surface area contributed by atoms with Gasteiger partial charge in [0.05, 0.1) is 53.8 Å². The summed E-state index contributed by atoms with van der Waals surface area (Å²) in [5.74, 6) is 2.18. The number of furan rings is 1. The molecule has 0 atom stereocenters. The van der Waals surface area contributed by atoms with Crippen molar-refractivity contribution in [3.8, 4) is 23.0 Å². The van der Waals surface area contributed by atoms with Gasteiger partial charge < -0.3 is 38.3 Å². The van der Waals surface area contributed by atoms with E-state index < -0.39 is 6.09 Å². The Morgan fingerprint density at radius 1 is 0.976 bits per heavy atom. The zero-order valence-corrected chi connectivity index (χ0v) is 24.2. The molecule has 2 amide bonds. The number of hydrogen-bond donors (Lipinski definition) is 1. The third-order valence-corrected chi connectivity index (χ3v) is 7.33. The van der Waals surface area contributed by atoms with Crippen molar-refractivity contribution in [1.29, 1.82) is 0 Å². The summed E-state index contributed by atoms with van der Waals surface area (Å²) in [7, 11) is 4.64. The Labute approximate surface area is 244 Å². The Balaban J connectivity index is 1.47. The Bertz CT molecular complexity index is 1490. The van der Waals surface area contributed by atoms with Crippen LogP contribution in [0.25, 0.3) is 17.2 Å². The fourth-order valence-electron chi connectivity index (χ4n) is 5.09. The highest BCUT2D eigenvalue weighted by Crippen LogP contribution is 2.46. The molecule has 2 aromatic carbocycles. The van der Waals surface area contributed by atoms with Gasteiger partial charge in [-0.05, 0) is 82.8 Å². The van der Waals surface area contributed by atoms with Gasteiger partial charge in [0.25, 0.3) is 0 Å². The summed E-state index contributed by atoms with van der Waals surface area (Å²) in [5, 5.41) is 2.93. The maximum absolute atomic E-state index is 13.0. The molecule has 0 spiro atoms. The third kappa shape index (κ3) is 6.13. The van der Waals surface area contributed by atoms with E-state index in [9.17, 15) is 9.59 Å². The summed E-state index contributed by atoms with van der Waals surface area (Å²) in [4.78, 5) is 27.3. The lowest BCUT2D eigenvalue weighted by Crippen LogP contribution is -2.42. The van der Waals surface area contributed by atoms with Crippen LogP contribution in [-0.2, 0) is 16.1 Å². The normalized spacial score (nSPS) is 15.4. The number of morpholine rings is 1. The number of ether oxygens (including phenoxy) is 5. The third-order valence-electron chi connectivity index (χ3n) is 7.33. The largest absolute Gasteiger partial charge is 0.497 e. The molecular formula is C32H34N2O8. The summed E-state index contributed by atoms with van der Waals surface area (Å²) in [6.07, 6.45) is 3.28. The Kier molecular flexibility index (Phi) is 8.83. The van der Waals surface area contributed by atoms with E-state index in [0.29, 0.717) is 55.9 Å². The van der Waals surface area contributed by atoms with Crippen molar-refractivity contribution in [2.24, 2.45) is 0 Å². The maximum Gasteiger partial charge on any atom is 0.415 e. The molecule has 0 saturated carbocycles. The molecule has 5 rings (SSSR count). The molecule has 1 aliphatic heterocycles. The first kappa shape index (κ1) is 28.8. The molecule has 3 aromatic rings. The first-order valence-corrected chi connectivity index (χ1v) is 13.6. The van der Waals surface area contributed by atoms with Crippen LogP contribution in [0.15, 0.2) is 58.7 Å². The van der Waals surface area contributed by atoms with E-state index in [-0.39, 0.29) is 18.1 Å². The fraction of sp³-hybridized carbons (Fsp3) is 0.312. The lowest BCUT2D eigenvalue weighted by Gasteiger charge is -2.26. The van der Waals surface area contributed by atoms with E-state index in [1.165, 1.54) is 14.2 Å². The number of amides is 2. The average Bonchev–Trinajstić information content (AvgIpc) is 3.63. The van der Waals surface area contributed by atoms with E-state index in [1.807, 2.05) is 37.3 Å². The molecule has 1 aromatic heterocycles. The number of carbonyl (C=O) groups excluding carboxylic acids is 2. The second-order valence-electron chi connectivity index (χ2n) is 9.83. The van der Waals surface area contributed by atoms with Crippen LogP contribution in [-0.4, -0.2) is 64.5 Å². The van der Waals surface area contributed by atoms with Crippen molar-refractivity contribution < 1.29 is 37.7 Å². The van der Waals surface area contributed by atoms with Crippen LogP contribution in [0.4, 0.5) is 4.79 Å². The van der Waals surface area contributed by atoms with Gasteiger partial charge in [0.15, 0.2) is 11.5 Å². The Hall–Kier alpha value is -4.70. The van der Waals surface area contributed by atoms with Crippen molar-refractivity contribution >= 4 is 29.2 Å². The van der Waals surface area contributed by atoms with Crippen molar-refractivity contribution in [3.05, 3.63) is 76.8 Å². The zero-order chi connectivity index (χ0) is 29.6. The second kappa shape index (κ2) is 12.9. The van der Waals surface area contributed by atoms with E-state index in [4.69, 9.17) is 28.1 Å². The maximum atomic E-state index is 13.0. The van der Waals surface area contributed by atoms with Crippen LogP contribution in [0.3, 0.4) is 0 Å². The number of nitrogens with zero attached hydrogens (tertiary/aromatic N) is 1. The van der Waals surface area contributed by atoms with Gasteiger partial charge in [-0.25, -0.2) is 4.79 Å². The predicted octanol–water partition coefficient (Wildman–Crippen LogP) is 5.17. The summed E-state index contributed by atoms with van der Waals surface area (Å²) in [6, 6.07) is 13.0. The first-order chi connectivity index (χ1) is 20.4. The van der Waals surface area contributed by atoms with E-state index in [1.54, 1.807) is 36.5 Å². The zero-order valence-electron chi connectivity index (χ0n) is 24.2. The molecule has 220 valence electrons. The van der Waals surface area contributed by atoms with E-state index >= 15 is 0 Å². The average molecular weight is 575 g/mol. The SMILES string of the molecule is COc1ccc2c(c1)C(CC(=O)NCc1ccco1)=C(C)C2=Cc1cc(OC)c(OC(=O)N2CCOCC2)c(OC)c1. The molecule has 1 fully saturated rings. The molecular weight excluding hydrogens is 540 g/mol. The standard InChI is InChI=1S/C32H34N2O8/c1-20-25(14-21-15-28(38-3)31(29(16-21)39-4)42-32(36)34-9-12-40-13-10-34)24-8-7-22(37-2)17-27(24)26(20)18-30(35)33-19-23-6-5-11-41-23/h5-8,11,14-17H,9-10,12-13,18-19H2,1-4H3,(H,33,35). The number of benzene rings is 2. The molecule has 42 heavy (non-hydrogen) atoms. The fourth-order valence-corrected chi connectivity index (χ4v) is 5.09. The van der Waals surface area contributed by atoms with Gasteiger partial charge in [-0.1, -0.05) is 6.07 Å². The summed E-state index contributed by atoms with van der Waals surface area (Å²) < 4.78 is 33.1. The van der Waals surface area contributed by atoms with Crippen molar-refractivity contribution in [2.75, 3.05) is 47.6 Å². The van der Waals surface area contributed by atoms with Gasteiger partial charge in [0.1, 0.15) is 11.5 Å². The summed E-state index contributed by atoms with van der Waals surface area (Å²) in [6.45, 7) is 4.14. The molecule has 2 heterocycles. The highest BCUT2D eigenvalue weighted by atomic mass is 16.6. The van der Waals surface area contributed by atoms with Crippen molar-refractivity contribution in [3.63, 3.8) is 0 Å². The monoisotopic (exact) mass is 574 g/mol. The summed E-state index contributed by atoms with van der Waals surface area (Å²) in [5.41, 5.74) is 5.50. The predicted molar refractivity (Wildman–Crippen MR) is 157 cm³/mol. The number of carbonyl (C=O) groups is 2. The highest BCUT2D eigenvalue weighted by molar-refractivity contribution is 6.08. The van der Waals surface area contributed by atoms with Gasteiger partial charge in [0, 0.05) is 13.1 Å². The van der Waals surface area contributed by atoms with Gasteiger partial charge >= 0.3 is 6.09 Å². The quantitative estimate of drug-likeness (QED) is 0.373. The Morgan fingerprint density at radius 2 is 1.71 bits per heavy atom. The summed E-state index contributed by atoms with van der Waals surface area (Å²) >= 11 is 0. The number of methoxy groups -OCH3 is 3. The van der Waals surface area contributed by atoms with Gasteiger partial charge in [-0.3, -0.25) is 4.79 Å². The molecule has 10 nitrogen and oxygen atoms in total. The van der Waals surface area contributed by atoms with Crippen LogP contribution in [0.5, 0.6) is 23.0 Å². The number of allylic oxidation sites excluding steroid dienone is 2.